The number of nitrogens with zero attached hydrogens (tertiary/aromatic N) is 2. The minimum absolute atomic E-state index is 0.0291. The van der Waals surface area contributed by atoms with Crippen LogP contribution in [-0.2, 0) is 20.4 Å². The third-order valence-electron chi connectivity index (χ3n) is 4.75. The van der Waals surface area contributed by atoms with Gasteiger partial charge in [0.15, 0.2) is 9.84 Å². The number of fused-ring (bicyclic) bond motifs is 1. The van der Waals surface area contributed by atoms with Gasteiger partial charge in [-0.1, -0.05) is 59.9 Å². The van der Waals surface area contributed by atoms with Gasteiger partial charge in [0.2, 0.25) is 5.91 Å². The maximum atomic E-state index is 13.1. The number of carbonyl (C=O) groups is 1. The Morgan fingerprint density at radius 1 is 1.14 bits per heavy atom. The predicted molar refractivity (Wildman–Crippen MR) is 118 cm³/mol. The first kappa shape index (κ1) is 19.5. The predicted octanol–water partition coefficient (Wildman–Crippen LogP) is 3.87. The third kappa shape index (κ3) is 4.45. The van der Waals surface area contributed by atoms with Crippen molar-refractivity contribution >= 4 is 55.0 Å². The van der Waals surface area contributed by atoms with Gasteiger partial charge in [0.25, 0.3) is 0 Å². The number of amides is 1. The normalized spacial score (nSPS) is 20.3. The zero-order valence-corrected chi connectivity index (χ0v) is 17.6. The van der Waals surface area contributed by atoms with E-state index in [0.29, 0.717) is 6.42 Å². The summed E-state index contributed by atoms with van der Waals surface area (Å²) >= 11 is 3.06. The zero-order valence-electron chi connectivity index (χ0n) is 15.2. The molecule has 1 amide bonds. The number of rotatable bonds is 4. The Morgan fingerprint density at radius 3 is 2.64 bits per heavy atom. The number of para-hydroxylation sites is 2. The molecule has 0 aliphatic carbocycles. The molecule has 2 aromatic carbocycles. The van der Waals surface area contributed by atoms with Crippen molar-refractivity contribution in [2.45, 2.75) is 18.2 Å². The molecule has 5 nitrogen and oxygen atoms in total. The fourth-order valence-electron chi connectivity index (χ4n) is 3.41. The summed E-state index contributed by atoms with van der Waals surface area (Å²) in [5.74, 6) is 1.17. The van der Waals surface area contributed by atoms with E-state index in [1.165, 1.54) is 17.3 Å². The lowest BCUT2D eigenvalue weighted by Gasteiger charge is -2.28. The summed E-state index contributed by atoms with van der Waals surface area (Å²) in [7, 11) is -3.08. The Kier molecular flexibility index (Phi) is 5.80. The summed E-state index contributed by atoms with van der Waals surface area (Å²) in [6, 6.07) is 17.0. The molecule has 0 aromatic heterocycles. The highest BCUT2D eigenvalue weighted by molar-refractivity contribution is 8.38. The van der Waals surface area contributed by atoms with Crippen molar-refractivity contribution in [2.75, 3.05) is 22.2 Å². The van der Waals surface area contributed by atoms with E-state index in [9.17, 15) is 13.2 Å². The summed E-state index contributed by atoms with van der Waals surface area (Å²) in [5.41, 5.74) is 2.90. The van der Waals surface area contributed by atoms with Crippen LogP contribution < -0.4 is 4.90 Å². The van der Waals surface area contributed by atoms with E-state index in [1.54, 1.807) is 16.7 Å². The second-order valence-corrected chi connectivity index (χ2v) is 11.2. The van der Waals surface area contributed by atoms with E-state index in [0.717, 1.165) is 21.5 Å². The van der Waals surface area contributed by atoms with E-state index < -0.39 is 9.84 Å². The number of aliphatic imine (C=N–C) groups is 1. The van der Waals surface area contributed by atoms with Crippen LogP contribution in [-0.4, -0.2) is 42.0 Å². The molecule has 2 aromatic rings. The largest absolute Gasteiger partial charge is 0.308 e. The van der Waals surface area contributed by atoms with Gasteiger partial charge < -0.3 is 4.90 Å². The second-order valence-electron chi connectivity index (χ2n) is 6.74. The average molecular weight is 433 g/mol. The molecule has 2 heterocycles. The van der Waals surface area contributed by atoms with Crippen molar-refractivity contribution in [3.63, 3.8) is 0 Å². The summed E-state index contributed by atoms with van der Waals surface area (Å²) in [4.78, 5) is 19.4. The molecule has 0 bridgehead atoms. The molecule has 0 spiro atoms. The highest BCUT2D eigenvalue weighted by atomic mass is 32.2. The standard InChI is InChI=1S/C20H20N2O3S3/c23-19(13-27-20-21-18-9-5-4-6-15(18)12-26-20)22(16-7-2-1-3-8-16)17-10-11-28(24,25)14-17/h1-9,17H,10-14H2. The van der Waals surface area contributed by atoms with Crippen LogP contribution >= 0.6 is 23.5 Å². The Bertz CT molecular complexity index is 1010. The Balaban J connectivity index is 1.50. The van der Waals surface area contributed by atoms with Crippen LogP contribution in [0.3, 0.4) is 0 Å². The fourth-order valence-corrected chi connectivity index (χ4v) is 7.03. The van der Waals surface area contributed by atoms with Crippen LogP contribution in [0.2, 0.25) is 0 Å². The summed E-state index contributed by atoms with van der Waals surface area (Å²) < 4.78 is 24.8. The van der Waals surface area contributed by atoms with Gasteiger partial charge in [-0.25, -0.2) is 13.4 Å². The maximum Gasteiger partial charge on any atom is 0.237 e. The Labute approximate surface area is 173 Å². The first-order valence-electron chi connectivity index (χ1n) is 9.01. The smallest absolute Gasteiger partial charge is 0.237 e. The van der Waals surface area contributed by atoms with Crippen molar-refractivity contribution in [2.24, 2.45) is 4.99 Å². The van der Waals surface area contributed by atoms with Crippen LogP contribution in [0.15, 0.2) is 59.6 Å². The molecular formula is C20H20N2O3S3. The molecule has 1 saturated heterocycles. The lowest BCUT2D eigenvalue weighted by atomic mass is 10.2. The van der Waals surface area contributed by atoms with E-state index in [1.807, 2.05) is 48.5 Å². The number of sulfone groups is 1. The topological polar surface area (TPSA) is 66.8 Å². The van der Waals surface area contributed by atoms with Crippen molar-refractivity contribution in [1.29, 1.82) is 0 Å². The van der Waals surface area contributed by atoms with Gasteiger partial charge in [-0.05, 0) is 30.2 Å². The molecule has 1 unspecified atom stereocenters. The van der Waals surface area contributed by atoms with Gasteiger partial charge in [-0.2, -0.15) is 0 Å². The maximum absolute atomic E-state index is 13.1. The highest BCUT2D eigenvalue weighted by Gasteiger charge is 2.35. The molecular weight excluding hydrogens is 412 g/mol. The fraction of sp³-hybridized carbons (Fsp3) is 0.300. The zero-order chi connectivity index (χ0) is 19.6. The number of carbonyl (C=O) groups excluding carboxylic acids is 1. The average Bonchev–Trinajstić information content (AvgIpc) is 3.06. The summed E-state index contributed by atoms with van der Waals surface area (Å²) in [5, 5.41) is 0. The Hall–Kier alpha value is -1.77. The molecule has 0 N–H and O–H groups in total. The molecule has 28 heavy (non-hydrogen) atoms. The number of anilines is 1. The van der Waals surface area contributed by atoms with Crippen LogP contribution in [0.5, 0.6) is 0 Å². The minimum Gasteiger partial charge on any atom is -0.308 e. The molecule has 2 aliphatic heterocycles. The van der Waals surface area contributed by atoms with Gasteiger partial charge >= 0.3 is 0 Å². The van der Waals surface area contributed by atoms with Gasteiger partial charge in [-0.3, -0.25) is 4.79 Å². The lowest BCUT2D eigenvalue weighted by molar-refractivity contribution is -0.116. The number of hydrogen-bond donors (Lipinski definition) is 0. The van der Waals surface area contributed by atoms with Crippen LogP contribution in [0, 0.1) is 0 Å². The molecule has 8 heteroatoms. The van der Waals surface area contributed by atoms with Gasteiger partial charge in [0.1, 0.15) is 4.38 Å². The van der Waals surface area contributed by atoms with Crippen LogP contribution in [0.25, 0.3) is 0 Å². The van der Waals surface area contributed by atoms with E-state index >= 15 is 0 Å². The van der Waals surface area contributed by atoms with Crippen molar-refractivity contribution in [1.82, 2.24) is 0 Å². The quantitative estimate of drug-likeness (QED) is 0.734. The van der Waals surface area contributed by atoms with Crippen molar-refractivity contribution in [3.8, 4) is 0 Å². The minimum atomic E-state index is -3.08. The SMILES string of the molecule is O=C(CSC1=Nc2ccccc2CS1)N(c1ccccc1)C1CCS(=O)(=O)C1. The van der Waals surface area contributed by atoms with Crippen LogP contribution in [0.4, 0.5) is 11.4 Å². The van der Waals surface area contributed by atoms with Gasteiger partial charge in [0.05, 0.1) is 29.0 Å². The third-order valence-corrected chi connectivity index (χ3v) is 8.73. The number of thioether (sulfide) groups is 2. The lowest BCUT2D eigenvalue weighted by Crippen LogP contribution is -2.42. The molecule has 0 saturated carbocycles. The second kappa shape index (κ2) is 8.31. The van der Waals surface area contributed by atoms with Crippen LogP contribution in [0.1, 0.15) is 12.0 Å². The molecule has 1 atom stereocenters. The summed E-state index contributed by atoms with van der Waals surface area (Å²) in [6.07, 6.45) is 0.483. The van der Waals surface area contributed by atoms with Crippen molar-refractivity contribution in [3.05, 3.63) is 60.2 Å². The first-order chi connectivity index (χ1) is 13.5. The van der Waals surface area contributed by atoms with Gasteiger partial charge in [0, 0.05) is 11.4 Å². The molecule has 146 valence electrons. The van der Waals surface area contributed by atoms with E-state index in [4.69, 9.17) is 0 Å². The molecule has 1 fully saturated rings. The van der Waals surface area contributed by atoms with Crippen molar-refractivity contribution < 1.29 is 13.2 Å². The number of hydrogen-bond acceptors (Lipinski definition) is 6. The molecule has 4 rings (SSSR count). The van der Waals surface area contributed by atoms with E-state index in [2.05, 4.69) is 11.1 Å². The Morgan fingerprint density at radius 2 is 1.89 bits per heavy atom. The van der Waals surface area contributed by atoms with Gasteiger partial charge in [-0.15, -0.1) is 0 Å². The molecule has 0 radical (unpaired) electrons. The highest BCUT2D eigenvalue weighted by Crippen LogP contribution is 2.35. The van der Waals surface area contributed by atoms with E-state index in [-0.39, 0.29) is 29.2 Å². The monoisotopic (exact) mass is 432 g/mol. The number of benzene rings is 2. The first-order valence-corrected chi connectivity index (χ1v) is 12.8. The summed E-state index contributed by atoms with van der Waals surface area (Å²) in [6.45, 7) is 0. The molecule has 2 aliphatic rings.